The van der Waals surface area contributed by atoms with Crippen molar-refractivity contribution in [3.63, 3.8) is 0 Å². The number of carbonyl (C=O) groups is 1. The van der Waals surface area contributed by atoms with Gasteiger partial charge in [0.25, 0.3) is 0 Å². The first-order chi connectivity index (χ1) is 9.69. The Morgan fingerprint density at radius 3 is 3.05 bits per heavy atom. The van der Waals surface area contributed by atoms with Gasteiger partial charge in [-0.25, -0.2) is 4.98 Å². The Kier molecular flexibility index (Phi) is 5.11. The van der Waals surface area contributed by atoms with E-state index < -0.39 is 0 Å². The number of nitrogens with zero attached hydrogens (tertiary/aromatic N) is 2. The molecule has 6 nitrogen and oxygen atoms in total. The summed E-state index contributed by atoms with van der Waals surface area (Å²) in [6.07, 6.45) is 6.24. The second kappa shape index (κ2) is 7.04. The number of amides is 1. The van der Waals surface area contributed by atoms with E-state index in [1.807, 2.05) is 6.07 Å². The van der Waals surface area contributed by atoms with Gasteiger partial charge in [-0.1, -0.05) is 0 Å². The molecule has 20 heavy (non-hydrogen) atoms. The molecule has 1 amide bonds. The highest BCUT2D eigenvalue weighted by atomic mass is 79.9. The van der Waals surface area contributed by atoms with Crippen molar-refractivity contribution in [2.75, 3.05) is 7.11 Å². The van der Waals surface area contributed by atoms with Gasteiger partial charge in [-0.3, -0.25) is 9.89 Å². The molecule has 2 rings (SSSR count). The van der Waals surface area contributed by atoms with Gasteiger partial charge in [0, 0.05) is 35.4 Å². The molecular formula is C13H15BrN4O2. The van der Waals surface area contributed by atoms with Crippen LogP contribution in [0.15, 0.2) is 29.1 Å². The Morgan fingerprint density at radius 2 is 2.35 bits per heavy atom. The van der Waals surface area contributed by atoms with E-state index in [0.717, 1.165) is 15.6 Å². The fraction of sp³-hybridized carbons (Fsp3) is 0.308. The highest BCUT2D eigenvalue weighted by Crippen LogP contribution is 2.19. The summed E-state index contributed by atoms with van der Waals surface area (Å²) in [4.78, 5) is 15.9. The Bertz CT molecular complexity index is 572. The van der Waals surface area contributed by atoms with E-state index in [-0.39, 0.29) is 5.91 Å². The van der Waals surface area contributed by atoms with Gasteiger partial charge >= 0.3 is 0 Å². The first-order valence-corrected chi connectivity index (χ1v) is 6.91. The molecule has 0 aromatic carbocycles. The molecule has 0 spiro atoms. The van der Waals surface area contributed by atoms with Crippen LogP contribution in [0.5, 0.6) is 5.88 Å². The Labute approximate surface area is 125 Å². The number of nitrogens with one attached hydrogen (secondary N) is 2. The predicted molar refractivity (Wildman–Crippen MR) is 77.2 cm³/mol. The van der Waals surface area contributed by atoms with Crippen LogP contribution in [0.3, 0.4) is 0 Å². The van der Waals surface area contributed by atoms with Crippen LogP contribution in [0.1, 0.15) is 17.5 Å². The van der Waals surface area contributed by atoms with Crippen molar-refractivity contribution in [1.29, 1.82) is 0 Å². The first kappa shape index (κ1) is 14.5. The number of carbonyl (C=O) groups excluding carboxylic acids is 1. The number of ether oxygens (including phenoxy) is 1. The Balaban J connectivity index is 1.85. The number of aromatic amines is 1. The normalized spacial score (nSPS) is 10.3. The van der Waals surface area contributed by atoms with Crippen LogP contribution in [-0.4, -0.2) is 28.2 Å². The van der Waals surface area contributed by atoms with Gasteiger partial charge in [0.1, 0.15) is 0 Å². The number of hydrogen-bond donors (Lipinski definition) is 2. The minimum atomic E-state index is -0.0202. The molecule has 2 heterocycles. The lowest BCUT2D eigenvalue weighted by molar-refractivity contribution is -0.121. The average molecular weight is 339 g/mol. The number of aromatic nitrogens is 3. The van der Waals surface area contributed by atoms with E-state index in [1.165, 1.54) is 0 Å². The third-order valence-electron chi connectivity index (χ3n) is 2.76. The van der Waals surface area contributed by atoms with Crippen LogP contribution in [0.4, 0.5) is 0 Å². The fourth-order valence-electron chi connectivity index (χ4n) is 1.73. The minimum Gasteiger partial charge on any atom is -0.481 e. The van der Waals surface area contributed by atoms with Crippen LogP contribution < -0.4 is 10.1 Å². The number of aryl methyl sites for hydroxylation is 1. The number of halogens is 1. The molecule has 0 saturated heterocycles. The smallest absolute Gasteiger partial charge is 0.220 e. The molecule has 0 atom stereocenters. The molecular weight excluding hydrogens is 324 g/mol. The molecule has 2 aromatic rings. The SMILES string of the molecule is COc1ncc(Br)cc1CNC(=O)CCc1cn[nH]c1. The van der Waals surface area contributed by atoms with Crippen molar-refractivity contribution in [1.82, 2.24) is 20.5 Å². The summed E-state index contributed by atoms with van der Waals surface area (Å²) >= 11 is 3.35. The van der Waals surface area contributed by atoms with Crippen LogP contribution in [0.2, 0.25) is 0 Å². The molecule has 2 aromatic heterocycles. The number of hydrogen-bond acceptors (Lipinski definition) is 4. The molecule has 0 bridgehead atoms. The number of H-pyrrole nitrogens is 1. The molecule has 0 aliphatic rings. The third-order valence-corrected chi connectivity index (χ3v) is 3.19. The van der Waals surface area contributed by atoms with Crippen molar-refractivity contribution >= 4 is 21.8 Å². The zero-order valence-electron chi connectivity index (χ0n) is 11.0. The van der Waals surface area contributed by atoms with Crippen molar-refractivity contribution < 1.29 is 9.53 Å². The van der Waals surface area contributed by atoms with Gasteiger partial charge in [-0.15, -0.1) is 0 Å². The van der Waals surface area contributed by atoms with Crippen LogP contribution >= 0.6 is 15.9 Å². The summed E-state index contributed by atoms with van der Waals surface area (Å²) in [7, 11) is 1.56. The number of pyridine rings is 1. The predicted octanol–water partition coefficient (Wildman–Crippen LogP) is 1.82. The zero-order valence-corrected chi connectivity index (χ0v) is 12.6. The Hall–Kier alpha value is -1.89. The average Bonchev–Trinajstić information content (AvgIpc) is 2.96. The van der Waals surface area contributed by atoms with Crippen LogP contribution in [0, 0.1) is 0 Å². The number of rotatable bonds is 6. The maximum atomic E-state index is 11.8. The van der Waals surface area contributed by atoms with E-state index in [4.69, 9.17) is 4.74 Å². The van der Waals surface area contributed by atoms with Gasteiger partial charge in [0.05, 0.1) is 13.3 Å². The summed E-state index contributed by atoms with van der Waals surface area (Å²) in [6.45, 7) is 0.389. The van der Waals surface area contributed by atoms with E-state index in [1.54, 1.807) is 25.7 Å². The highest BCUT2D eigenvalue weighted by molar-refractivity contribution is 9.10. The molecule has 0 unspecified atom stereocenters. The standard InChI is InChI=1S/C13H15BrN4O2/c1-20-13-10(4-11(14)8-16-13)7-15-12(19)3-2-9-5-17-18-6-9/h4-6,8H,2-3,7H2,1H3,(H,15,19)(H,17,18). The molecule has 7 heteroatoms. The third kappa shape index (κ3) is 4.06. The maximum absolute atomic E-state index is 11.8. The summed E-state index contributed by atoms with van der Waals surface area (Å²) in [5.74, 6) is 0.497. The lowest BCUT2D eigenvalue weighted by Crippen LogP contribution is -2.23. The largest absolute Gasteiger partial charge is 0.481 e. The van der Waals surface area contributed by atoms with Gasteiger partial charge in [-0.2, -0.15) is 5.10 Å². The molecule has 0 aliphatic heterocycles. The molecule has 0 radical (unpaired) electrons. The van der Waals surface area contributed by atoms with Crippen molar-refractivity contribution in [3.8, 4) is 5.88 Å². The number of methoxy groups -OCH3 is 1. The molecule has 0 fully saturated rings. The summed E-state index contributed by atoms with van der Waals surface area (Å²) in [6, 6.07) is 1.88. The monoisotopic (exact) mass is 338 g/mol. The van der Waals surface area contributed by atoms with Crippen LogP contribution in [0.25, 0.3) is 0 Å². The summed E-state index contributed by atoms with van der Waals surface area (Å²) < 4.78 is 6.00. The molecule has 106 valence electrons. The van der Waals surface area contributed by atoms with E-state index in [9.17, 15) is 4.79 Å². The van der Waals surface area contributed by atoms with Gasteiger partial charge < -0.3 is 10.1 Å². The molecule has 0 saturated carbocycles. The van der Waals surface area contributed by atoms with E-state index in [2.05, 4.69) is 36.4 Å². The fourth-order valence-corrected chi connectivity index (χ4v) is 2.11. The van der Waals surface area contributed by atoms with Crippen molar-refractivity contribution in [2.45, 2.75) is 19.4 Å². The van der Waals surface area contributed by atoms with Crippen molar-refractivity contribution in [2.24, 2.45) is 0 Å². The summed E-state index contributed by atoms with van der Waals surface area (Å²) in [5.41, 5.74) is 1.85. The topological polar surface area (TPSA) is 79.9 Å². The van der Waals surface area contributed by atoms with Gasteiger partial charge in [0.15, 0.2) is 0 Å². The summed E-state index contributed by atoms with van der Waals surface area (Å²) in [5, 5.41) is 9.41. The second-order valence-corrected chi connectivity index (χ2v) is 5.12. The molecule has 2 N–H and O–H groups in total. The van der Waals surface area contributed by atoms with Gasteiger partial charge in [-0.05, 0) is 34.0 Å². The van der Waals surface area contributed by atoms with Gasteiger partial charge in [0.2, 0.25) is 11.8 Å². The van der Waals surface area contributed by atoms with E-state index in [0.29, 0.717) is 25.3 Å². The zero-order chi connectivity index (χ0) is 14.4. The van der Waals surface area contributed by atoms with Crippen LogP contribution in [-0.2, 0) is 17.8 Å². The maximum Gasteiger partial charge on any atom is 0.220 e. The van der Waals surface area contributed by atoms with Crippen molar-refractivity contribution in [3.05, 3.63) is 40.3 Å². The minimum absolute atomic E-state index is 0.0202. The highest BCUT2D eigenvalue weighted by Gasteiger charge is 2.08. The molecule has 0 aliphatic carbocycles. The lowest BCUT2D eigenvalue weighted by atomic mass is 10.2. The Morgan fingerprint density at radius 1 is 1.50 bits per heavy atom. The first-order valence-electron chi connectivity index (χ1n) is 6.12. The quantitative estimate of drug-likeness (QED) is 0.841. The second-order valence-electron chi connectivity index (χ2n) is 4.21. The van der Waals surface area contributed by atoms with E-state index >= 15 is 0 Å². The lowest BCUT2D eigenvalue weighted by Gasteiger charge is -2.09.